The van der Waals surface area contributed by atoms with Crippen LogP contribution in [0.5, 0.6) is 5.75 Å². The molecule has 0 bridgehead atoms. The Bertz CT molecular complexity index is 783. The van der Waals surface area contributed by atoms with E-state index in [0.29, 0.717) is 11.6 Å². The van der Waals surface area contributed by atoms with Gasteiger partial charge in [0.1, 0.15) is 17.8 Å². The first kappa shape index (κ1) is 14.6. The van der Waals surface area contributed by atoms with Gasteiger partial charge in [0.05, 0.1) is 12.1 Å². The normalized spacial score (nSPS) is 29.3. The van der Waals surface area contributed by atoms with E-state index in [1.54, 1.807) is 0 Å². The molecule has 1 fully saturated rings. The average Bonchev–Trinajstić information content (AvgIpc) is 2.89. The van der Waals surface area contributed by atoms with Crippen LogP contribution in [0.1, 0.15) is 23.1 Å². The van der Waals surface area contributed by atoms with Gasteiger partial charge in [0.15, 0.2) is 0 Å². The summed E-state index contributed by atoms with van der Waals surface area (Å²) in [7, 11) is 2.09. The zero-order chi connectivity index (χ0) is 16.0. The Morgan fingerprint density at radius 1 is 1.22 bits per heavy atom. The molecule has 2 aromatic carbocycles. The topological polar surface area (TPSA) is 36.3 Å². The predicted molar refractivity (Wildman–Crippen MR) is 89.5 cm³/mol. The zero-order valence-electron chi connectivity index (χ0n) is 12.9. The van der Waals surface area contributed by atoms with E-state index in [-0.39, 0.29) is 12.0 Å². The Balaban J connectivity index is 1.84. The fraction of sp³-hybridized carbons (Fsp3) is 0.316. The van der Waals surface area contributed by atoms with Crippen LogP contribution in [0.4, 0.5) is 0 Å². The molecule has 2 aliphatic rings. The summed E-state index contributed by atoms with van der Waals surface area (Å²) in [5.41, 5.74) is 1.68. The third-order valence-electron chi connectivity index (χ3n) is 5.18. The number of hydrogen-bond acceptors (Lipinski definition) is 3. The molecule has 0 radical (unpaired) electrons. The lowest BCUT2D eigenvalue weighted by molar-refractivity contribution is 0.107. The van der Waals surface area contributed by atoms with E-state index in [2.05, 4.69) is 24.1 Å². The van der Waals surface area contributed by atoms with Gasteiger partial charge in [0.25, 0.3) is 0 Å². The Morgan fingerprint density at radius 2 is 1.96 bits per heavy atom. The molecule has 116 valence electrons. The SMILES string of the molecule is CN1C[C@@H](c2ccc(Cl)cc2)[C@]2(C#N)COc3ccccc3[C@H]12. The van der Waals surface area contributed by atoms with Crippen molar-refractivity contribution in [3.63, 3.8) is 0 Å². The van der Waals surface area contributed by atoms with Crippen molar-refractivity contribution < 1.29 is 4.74 Å². The minimum absolute atomic E-state index is 0.0538. The lowest BCUT2D eigenvalue weighted by atomic mass is 9.69. The van der Waals surface area contributed by atoms with Crippen molar-refractivity contribution in [2.75, 3.05) is 20.2 Å². The fourth-order valence-corrected chi connectivity index (χ4v) is 4.26. The zero-order valence-corrected chi connectivity index (χ0v) is 13.6. The maximum Gasteiger partial charge on any atom is 0.124 e. The first-order valence-corrected chi connectivity index (χ1v) is 8.12. The second kappa shape index (κ2) is 5.26. The highest BCUT2D eigenvalue weighted by Gasteiger charge is 2.58. The smallest absolute Gasteiger partial charge is 0.124 e. The molecule has 1 saturated heterocycles. The molecule has 4 heteroatoms. The van der Waals surface area contributed by atoms with Gasteiger partial charge in [-0.2, -0.15) is 5.26 Å². The van der Waals surface area contributed by atoms with Crippen molar-refractivity contribution in [1.82, 2.24) is 4.90 Å². The minimum atomic E-state index is -0.572. The molecule has 0 aromatic heterocycles. The number of benzene rings is 2. The van der Waals surface area contributed by atoms with Crippen LogP contribution < -0.4 is 4.74 Å². The molecule has 2 aromatic rings. The summed E-state index contributed by atoms with van der Waals surface area (Å²) in [6.45, 7) is 1.25. The molecule has 2 heterocycles. The van der Waals surface area contributed by atoms with Gasteiger partial charge in [0, 0.05) is 23.0 Å². The monoisotopic (exact) mass is 324 g/mol. The van der Waals surface area contributed by atoms with Crippen molar-refractivity contribution >= 4 is 11.6 Å². The number of likely N-dealkylation sites (tertiary alicyclic amines) is 1. The maximum atomic E-state index is 10.1. The van der Waals surface area contributed by atoms with Crippen molar-refractivity contribution in [3.8, 4) is 11.8 Å². The van der Waals surface area contributed by atoms with Crippen LogP contribution in [0.15, 0.2) is 48.5 Å². The van der Waals surface area contributed by atoms with Crippen molar-refractivity contribution in [2.24, 2.45) is 5.41 Å². The largest absolute Gasteiger partial charge is 0.491 e. The van der Waals surface area contributed by atoms with E-state index in [4.69, 9.17) is 16.3 Å². The van der Waals surface area contributed by atoms with Gasteiger partial charge in [-0.15, -0.1) is 0 Å². The lowest BCUT2D eigenvalue weighted by Crippen LogP contribution is -2.40. The number of para-hydroxylation sites is 1. The number of nitrogens with zero attached hydrogens (tertiary/aromatic N) is 2. The highest BCUT2D eigenvalue weighted by atomic mass is 35.5. The lowest BCUT2D eigenvalue weighted by Gasteiger charge is -2.39. The highest BCUT2D eigenvalue weighted by Crippen LogP contribution is 2.57. The summed E-state index contributed by atoms with van der Waals surface area (Å²) in [6.07, 6.45) is 0. The minimum Gasteiger partial charge on any atom is -0.491 e. The Kier molecular flexibility index (Phi) is 3.33. The summed E-state index contributed by atoms with van der Waals surface area (Å²) in [4.78, 5) is 2.28. The van der Waals surface area contributed by atoms with Crippen LogP contribution >= 0.6 is 11.6 Å². The van der Waals surface area contributed by atoms with Gasteiger partial charge >= 0.3 is 0 Å². The quantitative estimate of drug-likeness (QED) is 0.795. The molecule has 23 heavy (non-hydrogen) atoms. The Labute approximate surface area is 141 Å². The summed E-state index contributed by atoms with van der Waals surface area (Å²) >= 11 is 6.02. The second-order valence-corrected chi connectivity index (χ2v) is 6.86. The molecule has 3 atom stereocenters. The Morgan fingerprint density at radius 3 is 2.70 bits per heavy atom. The standard InChI is InChI=1S/C19H17ClN2O/c1-22-10-16(13-6-8-14(20)9-7-13)19(11-21)12-23-17-5-3-2-4-15(17)18(19)22/h2-9,16,18H,10,12H2,1H3/t16-,18-,19-/m0/s1. The van der Waals surface area contributed by atoms with Crippen molar-refractivity contribution in [3.05, 3.63) is 64.7 Å². The number of likely N-dealkylation sites (N-methyl/N-ethyl adjacent to an activating group) is 1. The third kappa shape index (κ3) is 2.06. The van der Waals surface area contributed by atoms with Crippen LogP contribution in [-0.4, -0.2) is 25.1 Å². The van der Waals surface area contributed by atoms with E-state index in [1.807, 2.05) is 42.5 Å². The molecule has 0 saturated carbocycles. The summed E-state index contributed by atoms with van der Waals surface area (Å²) in [5, 5.41) is 10.8. The first-order valence-electron chi connectivity index (χ1n) is 7.74. The first-order chi connectivity index (χ1) is 11.2. The molecular formula is C19H17ClN2O. The molecule has 0 amide bonds. The third-order valence-corrected chi connectivity index (χ3v) is 5.43. The molecule has 4 rings (SSSR count). The molecular weight excluding hydrogens is 308 g/mol. The fourth-order valence-electron chi connectivity index (χ4n) is 4.14. The molecule has 0 aliphatic carbocycles. The van der Waals surface area contributed by atoms with E-state index < -0.39 is 5.41 Å². The van der Waals surface area contributed by atoms with Crippen molar-refractivity contribution in [1.29, 1.82) is 5.26 Å². The van der Waals surface area contributed by atoms with Crippen LogP contribution in [0.25, 0.3) is 0 Å². The van der Waals surface area contributed by atoms with Crippen LogP contribution in [0.3, 0.4) is 0 Å². The second-order valence-electron chi connectivity index (χ2n) is 6.42. The summed E-state index contributed by atoms with van der Waals surface area (Å²) < 4.78 is 5.98. The highest BCUT2D eigenvalue weighted by molar-refractivity contribution is 6.30. The Hall–Kier alpha value is -2.02. The van der Waals surface area contributed by atoms with Gasteiger partial charge < -0.3 is 4.74 Å². The van der Waals surface area contributed by atoms with Crippen molar-refractivity contribution in [2.45, 2.75) is 12.0 Å². The van der Waals surface area contributed by atoms with E-state index in [1.165, 1.54) is 0 Å². The number of nitriles is 1. The van der Waals surface area contributed by atoms with E-state index >= 15 is 0 Å². The molecule has 0 unspecified atom stereocenters. The molecule has 2 aliphatic heterocycles. The summed E-state index contributed by atoms with van der Waals surface area (Å²) in [6, 6.07) is 18.6. The van der Waals surface area contributed by atoms with Gasteiger partial charge in [0.2, 0.25) is 0 Å². The van der Waals surface area contributed by atoms with Gasteiger partial charge in [-0.1, -0.05) is 41.9 Å². The van der Waals surface area contributed by atoms with Gasteiger partial charge in [-0.05, 0) is 30.8 Å². The number of fused-ring (bicyclic) bond motifs is 3. The number of halogens is 1. The predicted octanol–water partition coefficient (Wildman–Crippen LogP) is 4.01. The van der Waals surface area contributed by atoms with Gasteiger partial charge in [-0.25, -0.2) is 0 Å². The van der Waals surface area contributed by atoms with Crippen LogP contribution in [0, 0.1) is 16.7 Å². The maximum absolute atomic E-state index is 10.1. The van der Waals surface area contributed by atoms with Gasteiger partial charge in [-0.3, -0.25) is 4.90 Å². The van der Waals surface area contributed by atoms with E-state index in [0.717, 1.165) is 23.4 Å². The van der Waals surface area contributed by atoms with Crippen LogP contribution in [-0.2, 0) is 0 Å². The average molecular weight is 325 g/mol. The molecule has 0 spiro atoms. The number of rotatable bonds is 1. The van der Waals surface area contributed by atoms with E-state index in [9.17, 15) is 5.26 Å². The summed E-state index contributed by atoms with van der Waals surface area (Å²) in [5.74, 6) is 1.00. The van der Waals surface area contributed by atoms with Crippen LogP contribution in [0.2, 0.25) is 5.02 Å². The molecule has 3 nitrogen and oxygen atoms in total. The molecule has 0 N–H and O–H groups in total. The number of ether oxygens (including phenoxy) is 1. The number of hydrogen-bond donors (Lipinski definition) is 0.